The normalized spacial score (nSPS) is 18.2. The smallest absolute Gasteiger partial charge is 0.272 e. The summed E-state index contributed by atoms with van der Waals surface area (Å²) in [5.41, 5.74) is 4.01. The number of hydrogen-bond acceptors (Lipinski definition) is 4. The lowest BCUT2D eigenvalue weighted by Crippen LogP contribution is -2.52. The molecule has 0 aromatic heterocycles. The van der Waals surface area contributed by atoms with Crippen molar-refractivity contribution in [1.29, 1.82) is 0 Å². The summed E-state index contributed by atoms with van der Waals surface area (Å²) in [7, 11) is 0. The molecular formula is C24H28N4O2. The fraction of sp³-hybridized carbons (Fsp3) is 0.375. The molecule has 2 aliphatic rings. The van der Waals surface area contributed by atoms with Gasteiger partial charge in [0.15, 0.2) is 0 Å². The van der Waals surface area contributed by atoms with E-state index < -0.39 is 5.66 Å². The van der Waals surface area contributed by atoms with E-state index in [1.807, 2.05) is 49.4 Å². The van der Waals surface area contributed by atoms with Gasteiger partial charge in [-0.2, -0.15) is 0 Å². The molecule has 0 aliphatic carbocycles. The van der Waals surface area contributed by atoms with Crippen LogP contribution < -0.4 is 10.6 Å². The zero-order valence-electron chi connectivity index (χ0n) is 17.6. The van der Waals surface area contributed by atoms with E-state index in [0.717, 1.165) is 23.2 Å². The second-order valence-electron chi connectivity index (χ2n) is 8.19. The molecular weight excluding hydrogens is 376 g/mol. The summed E-state index contributed by atoms with van der Waals surface area (Å²) in [5.74, 6) is -0.126. The second kappa shape index (κ2) is 8.40. The predicted octanol–water partition coefficient (Wildman–Crippen LogP) is 2.91. The molecule has 156 valence electrons. The number of nitrogens with one attached hydrogen (secondary N) is 2. The Morgan fingerprint density at radius 1 is 1.17 bits per heavy atom. The molecule has 0 radical (unpaired) electrons. The van der Waals surface area contributed by atoms with Crippen LogP contribution in [-0.2, 0) is 16.0 Å². The van der Waals surface area contributed by atoms with Crippen LogP contribution in [0, 0.1) is 6.92 Å². The highest BCUT2D eigenvalue weighted by Crippen LogP contribution is 2.29. The maximum atomic E-state index is 12.5. The third kappa shape index (κ3) is 4.44. The van der Waals surface area contributed by atoms with Crippen molar-refractivity contribution in [1.82, 2.24) is 10.2 Å². The van der Waals surface area contributed by atoms with Crippen LogP contribution >= 0.6 is 0 Å². The molecule has 0 atom stereocenters. The Labute approximate surface area is 177 Å². The van der Waals surface area contributed by atoms with Crippen LogP contribution in [0.2, 0.25) is 0 Å². The Morgan fingerprint density at radius 3 is 2.60 bits per heavy atom. The van der Waals surface area contributed by atoms with Gasteiger partial charge >= 0.3 is 0 Å². The molecule has 6 heteroatoms. The number of piperidine rings is 1. The Hall–Kier alpha value is -2.99. The van der Waals surface area contributed by atoms with Crippen molar-refractivity contribution in [3.05, 3.63) is 65.2 Å². The molecule has 0 saturated carbocycles. The first-order valence-electron chi connectivity index (χ1n) is 10.6. The number of likely N-dealkylation sites (tertiary alicyclic amines) is 1. The highest BCUT2D eigenvalue weighted by atomic mass is 16.2. The monoisotopic (exact) mass is 404 g/mol. The molecule has 30 heavy (non-hydrogen) atoms. The summed E-state index contributed by atoms with van der Waals surface area (Å²) in [6, 6.07) is 15.8. The van der Waals surface area contributed by atoms with Gasteiger partial charge in [0, 0.05) is 37.2 Å². The van der Waals surface area contributed by atoms with Gasteiger partial charge in [-0.15, -0.1) is 0 Å². The van der Waals surface area contributed by atoms with E-state index >= 15 is 0 Å². The maximum absolute atomic E-state index is 12.5. The minimum absolute atomic E-state index is 0.0153. The highest BCUT2D eigenvalue weighted by Gasteiger charge is 2.42. The molecule has 2 aromatic rings. The van der Waals surface area contributed by atoms with Crippen molar-refractivity contribution in [3.8, 4) is 0 Å². The van der Waals surface area contributed by atoms with E-state index in [9.17, 15) is 9.59 Å². The maximum Gasteiger partial charge on any atom is 0.272 e. The van der Waals surface area contributed by atoms with Crippen molar-refractivity contribution in [3.63, 3.8) is 0 Å². The summed E-state index contributed by atoms with van der Waals surface area (Å²) < 4.78 is 0. The van der Waals surface area contributed by atoms with Gasteiger partial charge in [0.1, 0.15) is 11.4 Å². The van der Waals surface area contributed by atoms with E-state index in [4.69, 9.17) is 4.99 Å². The third-order valence-corrected chi connectivity index (χ3v) is 5.88. The minimum atomic E-state index is -0.542. The van der Waals surface area contributed by atoms with Gasteiger partial charge in [0.2, 0.25) is 5.91 Å². The van der Waals surface area contributed by atoms with Crippen molar-refractivity contribution in [2.75, 3.05) is 25.0 Å². The van der Waals surface area contributed by atoms with Gasteiger partial charge in [-0.05, 0) is 31.0 Å². The fourth-order valence-electron chi connectivity index (χ4n) is 4.06. The summed E-state index contributed by atoms with van der Waals surface area (Å²) in [5, 5.41) is 6.08. The van der Waals surface area contributed by atoms with Crippen molar-refractivity contribution < 1.29 is 9.59 Å². The van der Waals surface area contributed by atoms with Crippen molar-refractivity contribution in [2.45, 2.75) is 38.8 Å². The SMILES string of the molecule is CCc1cccc(NC(=O)CN2CCC3(CC2)N=C(c2ccc(C)cc2)C(=O)N3)c1. The number of rotatable bonds is 5. The number of amides is 2. The Morgan fingerprint density at radius 2 is 1.90 bits per heavy atom. The van der Waals surface area contributed by atoms with E-state index in [1.54, 1.807) is 0 Å². The van der Waals surface area contributed by atoms with E-state index in [2.05, 4.69) is 28.5 Å². The van der Waals surface area contributed by atoms with Gasteiger partial charge in [0.25, 0.3) is 5.91 Å². The molecule has 2 heterocycles. The second-order valence-corrected chi connectivity index (χ2v) is 8.19. The number of benzene rings is 2. The first kappa shape index (κ1) is 20.3. The molecule has 6 nitrogen and oxygen atoms in total. The Bertz CT molecular complexity index is 973. The number of nitrogens with zero attached hydrogens (tertiary/aromatic N) is 2. The molecule has 2 aliphatic heterocycles. The van der Waals surface area contributed by atoms with E-state index in [-0.39, 0.29) is 11.8 Å². The number of hydrogen-bond donors (Lipinski definition) is 2. The Balaban J connectivity index is 1.35. The van der Waals surface area contributed by atoms with Gasteiger partial charge in [0.05, 0.1) is 6.54 Å². The molecule has 0 bridgehead atoms. The standard InChI is InChI=1S/C24H28N4O2/c1-3-18-5-4-6-20(15-18)25-21(29)16-28-13-11-24(12-14-28)26-22(23(30)27-24)19-9-7-17(2)8-10-19/h4-10,15H,3,11-14,16H2,1-2H3,(H,25,29)(H,27,30). The minimum Gasteiger partial charge on any atom is -0.326 e. The third-order valence-electron chi connectivity index (χ3n) is 5.88. The fourth-order valence-corrected chi connectivity index (χ4v) is 4.06. The number of aliphatic imine (C=N–C) groups is 1. The zero-order valence-corrected chi connectivity index (χ0v) is 17.6. The molecule has 1 saturated heterocycles. The number of aryl methyl sites for hydroxylation is 2. The topological polar surface area (TPSA) is 73.8 Å². The molecule has 0 unspecified atom stereocenters. The quantitative estimate of drug-likeness (QED) is 0.805. The predicted molar refractivity (Wildman–Crippen MR) is 119 cm³/mol. The largest absolute Gasteiger partial charge is 0.326 e. The lowest BCUT2D eigenvalue weighted by molar-refractivity contribution is -0.119. The van der Waals surface area contributed by atoms with Crippen LogP contribution in [0.1, 0.15) is 36.5 Å². The van der Waals surface area contributed by atoms with Gasteiger partial charge in [-0.25, -0.2) is 0 Å². The summed E-state index contributed by atoms with van der Waals surface area (Å²) in [6.45, 7) is 5.89. The van der Waals surface area contributed by atoms with E-state index in [0.29, 0.717) is 38.2 Å². The van der Waals surface area contributed by atoms with Gasteiger partial charge in [-0.3, -0.25) is 19.5 Å². The lowest BCUT2D eigenvalue weighted by atomic mass is 9.98. The van der Waals surface area contributed by atoms with Gasteiger partial charge in [-0.1, -0.05) is 48.9 Å². The molecule has 2 amide bonds. The number of carbonyl (C=O) groups excluding carboxylic acids is 2. The summed E-state index contributed by atoms with van der Waals surface area (Å²) in [6.07, 6.45) is 2.34. The average molecular weight is 405 g/mol. The lowest BCUT2D eigenvalue weighted by Gasteiger charge is -2.36. The first-order chi connectivity index (χ1) is 14.5. The zero-order chi connectivity index (χ0) is 21.1. The summed E-state index contributed by atoms with van der Waals surface area (Å²) in [4.78, 5) is 31.9. The molecule has 2 aromatic carbocycles. The molecule has 1 fully saturated rings. The highest BCUT2D eigenvalue weighted by molar-refractivity contribution is 6.46. The number of anilines is 1. The molecule has 2 N–H and O–H groups in total. The van der Waals surface area contributed by atoms with Crippen LogP contribution in [0.15, 0.2) is 53.5 Å². The number of carbonyl (C=O) groups is 2. The molecule has 1 spiro atoms. The Kier molecular flexibility index (Phi) is 5.68. The molecule has 4 rings (SSSR count). The van der Waals surface area contributed by atoms with Gasteiger partial charge < -0.3 is 10.6 Å². The van der Waals surface area contributed by atoms with Crippen LogP contribution in [-0.4, -0.2) is 47.7 Å². The first-order valence-corrected chi connectivity index (χ1v) is 10.6. The van der Waals surface area contributed by atoms with Crippen molar-refractivity contribution >= 4 is 23.2 Å². The van der Waals surface area contributed by atoms with Crippen LogP contribution in [0.4, 0.5) is 5.69 Å². The van der Waals surface area contributed by atoms with E-state index in [1.165, 1.54) is 5.56 Å². The van der Waals surface area contributed by atoms with Crippen LogP contribution in [0.3, 0.4) is 0 Å². The summed E-state index contributed by atoms with van der Waals surface area (Å²) >= 11 is 0. The van der Waals surface area contributed by atoms with Crippen LogP contribution in [0.25, 0.3) is 0 Å². The van der Waals surface area contributed by atoms with Crippen molar-refractivity contribution in [2.24, 2.45) is 4.99 Å². The van der Waals surface area contributed by atoms with Crippen LogP contribution in [0.5, 0.6) is 0 Å². The average Bonchev–Trinajstić information content (AvgIpc) is 3.06.